The van der Waals surface area contributed by atoms with Crippen molar-refractivity contribution in [1.82, 2.24) is 4.90 Å². The Kier molecular flexibility index (Phi) is 2.89. The molecule has 0 spiro atoms. The molecule has 1 N–H and O–H groups in total. The fourth-order valence-electron chi connectivity index (χ4n) is 1.61. The summed E-state index contributed by atoms with van der Waals surface area (Å²) in [7, 11) is 0. The van der Waals surface area contributed by atoms with Crippen LogP contribution >= 0.6 is 0 Å². The van der Waals surface area contributed by atoms with Gasteiger partial charge in [-0.1, -0.05) is 12.2 Å². The molecular weight excluding hydrogens is 178 g/mol. The molecule has 0 aromatic rings. The normalized spacial score (nSPS) is 25.3. The highest BCUT2D eigenvalue weighted by atomic mass is 16.5. The van der Waals surface area contributed by atoms with Crippen molar-refractivity contribution in [3.05, 3.63) is 35.8 Å². The molecule has 2 rings (SSSR count). The Labute approximate surface area is 84.0 Å². The van der Waals surface area contributed by atoms with E-state index in [2.05, 4.69) is 4.90 Å². The van der Waals surface area contributed by atoms with Crippen LogP contribution in [0.3, 0.4) is 0 Å². The predicted octanol–water partition coefficient (Wildman–Crippen LogP) is 1.60. The van der Waals surface area contributed by atoms with Gasteiger partial charge in [0.2, 0.25) is 0 Å². The summed E-state index contributed by atoms with van der Waals surface area (Å²) < 4.78 is 5.25. The minimum absolute atomic E-state index is 0.388. The first-order valence-corrected chi connectivity index (χ1v) is 4.95. The second-order valence-electron chi connectivity index (χ2n) is 3.49. The lowest BCUT2D eigenvalue weighted by Crippen LogP contribution is -2.32. The highest BCUT2D eigenvalue weighted by Crippen LogP contribution is 2.17. The Morgan fingerprint density at radius 3 is 2.86 bits per heavy atom. The number of hydrogen-bond acceptors (Lipinski definition) is 3. The molecule has 2 aliphatic rings. The smallest absolute Gasteiger partial charge is 0.120 e. The van der Waals surface area contributed by atoms with Gasteiger partial charge >= 0.3 is 0 Å². The zero-order chi connectivity index (χ0) is 9.80. The Hall–Kier alpha value is -1.22. The first-order valence-electron chi connectivity index (χ1n) is 4.95. The van der Waals surface area contributed by atoms with Crippen molar-refractivity contribution >= 4 is 0 Å². The summed E-state index contributed by atoms with van der Waals surface area (Å²) >= 11 is 0. The summed E-state index contributed by atoms with van der Waals surface area (Å²) in [5.41, 5.74) is 0.995. The van der Waals surface area contributed by atoms with Crippen LogP contribution < -0.4 is 0 Å². The number of hydrogen-bond donors (Lipinski definition) is 1. The van der Waals surface area contributed by atoms with Crippen molar-refractivity contribution in [3.63, 3.8) is 0 Å². The molecule has 0 bridgehead atoms. The number of aliphatic hydroxyl groups excluding tert-OH is 1. The van der Waals surface area contributed by atoms with Gasteiger partial charge in [-0.3, -0.25) is 0 Å². The first-order chi connectivity index (χ1) is 6.86. The number of allylic oxidation sites excluding steroid dienone is 4. The molecule has 1 heterocycles. The average Bonchev–Trinajstić information content (AvgIpc) is 2.23. The Morgan fingerprint density at radius 2 is 2.14 bits per heavy atom. The maximum atomic E-state index is 9.58. The van der Waals surface area contributed by atoms with E-state index >= 15 is 0 Å². The van der Waals surface area contributed by atoms with Gasteiger partial charge in [-0.2, -0.15) is 0 Å². The monoisotopic (exact) mass is 193 g/mol. The van der Waals surface area contributed by atoms with Crippen LogP contribution in [0.4, 0.5) is 0 Å². The van der Waals surface area contributed by atoms with Gasteiger partial charge in [0.1, 0.15) is 5.76 Å². The van der Waals surface area contributed by atoms with Crippen LogP contribution in [0.1, 0.15) is 6.42 Å². The molecule has 0 aromatic carbocycles. The minimum Gasteiger partial charge on any atom is -0.508 e. The van der Waals surface area contributed by atoms with Crippen molar-refractivity contribution in [3.8, 4) is 0 Å². The number of morpholine rings is 1. The summed E-state index contributed by atoms with van der Waals surface area (Å²) in [5.74, 6) is 0.388. The Bertz CT molecular complexity index is 286. The largest absolute Gasteiger partial charge is 0.508 e. The lowest BCUT2D eigenvalue weighted by atomic mass is 10.1. The molecule has 0 unspecified atom stereocenters. The van der Waals surface area contributed by atoms with Gasteiger partial charge in [0.05, 0.1) is 13.2 Å². The minimum atomic E-state index is 0.388. The number of rotatable bonds is 1. The Balaban J connectivity index is 2.02. The van der Waals surface area contributed by atoms with E-state index in [0.29, 0.717) is 5.76 Å². The van der Waals surface area contributed by atoms with E-state index in [1.54, 1.807) is 6.08 Å². The molecule has 0 radical (unpaired) electrons. The molecule has 3 heteroatoms. The molecule has 0 amide bonds. The van der Waals surface area contributed by atoms with E-state index in [0.717, 1.165) is 38.3 Å². The zero-order valence-electron chi connectivity index (χ0n) is 8.15. The quantitative estimate of drug-likeness (QED) is 0.686. The summed E-state index contributed by atoms with van der Waals surface area (Å²) in [6, 6.07) is 0. The lowest BCUT2D eigenvalue weighted by Gasteiger charge is -2.26. The molecule has 1 aliphatic carbocycles. The van der Waals surface area contributed by atoms with Crippen LogP contribution in [0.2, 0.25) is 0 Å². The van der Waals surface area contributed by atoms with Crippen molar-refractivity contribution < 1.29 is 9.84 Å². The predicted molar refractivity (Wildman–Crippen MR) is 54.9 cm³/mol. The van der Waals surface area contributed by atoms with E-state index in [9.17, 15) is 5.11 Å². The fraction of sp³-hybridized carbons (Fsp3) is 0.455. The van der Waals surface area contributed by atoms with Crippen LogP contribution in [-0.4, -0.2) is 36.3 Å². The summed E-state index contributed by atoms with van der Waals surface area (Å²) in [6.45, 7) is 3.40. The second-order valence-corrected chi connectivity index (χ2v) is 3.49. The summed E-state index contributed by atoms with van der Waals surface area (Å²) in [4.78, 5) is 2.20. The molecule has 0 aromatic heterocycles. The van der Waals surface area contributed by atoms with Gasteiger partial charge in [0, 0.05) is 24.9 Å². The maximum Gasteiger partial charge on any atom is 0.120 e. The highest BCUT2D eigenvalue weighted by molar-refractivity contribution is 5.33. The number of ether oxygens (including phenoxy) is 1. The standard InChI is InChI=1S/C11H15NO2/c13-11-4-2-1-3-10(11)9-12-5-7-14-8-6-12/h1-2,4,9,13H,3,5-8H2. The third-order valence-corrected chi connectivity index (χ3v) is 2.44. The van der Waals surface area contributed by atoms with Gasteiger partial charge in [-0.15, -0.1) is 0 Å². The van der Waals surface area contributed by atoms with Crippen LogP contribution in [0.15, 0.2) is 35.8 Å². The van der Waals surface area contributed by atoms with E-state index in [1.807, 2.05) is 18.4 Å². The molecule has 1 aliphatic heterocycles. The highest BCUT2D eigenvalue weighted by Gasteiger charge is 2.10. The fourth-order valence-corrected chi connectivity index (χ4v) is 1.61. The van der Waals surface area contributed by atoms with Gasteiger partial charge in [-0.25, -0.2) is 0 Å². The van der Waals surface area contributed by atoms with E-state index in [4.69, 9.17) is 4.74 Å². The van der Waals surface area contributed by atoms with Crippen LogP contribution in [0.25, 0.3) is 0 Å². The summed E-state index contributed by atoms with van der Waals surface area (Å²) in [5, 5.41) is 9.58. The van der Waals surface area contributed by atoms with Gasteiger partial charge in [-0.05, 0) is 12.5 Å². The van der Waals surface area contributed by atoms with Gasteiger partial charge in [0.25, 0.3) is 0 Å². The zero-order valence-corrected chi connectivity index (χ0v) is 8.15. The average molecular weight is 193 g/mol. The molecule has 1 fully saturated rings. The van der Waals surface area contributed by atoms with Gasteiger partial charge < -0.3 is 14.7 Å². The third-order valence-electron chi connectivity index (χ3n) is 2.44. The lowest BCUT2D eigenvalue weighted by molar-refractivity contribution is 0.0589. The molecule has 1 saturated heterocycles. The summed E-state index contributed by atoms with van der Waals surface area (Å²) in [6.07, 6.45) is 8.52. The SMILES string of the molecule is OC1=CC=CCC1=CN1CCOCC1. The van der Waals surface area contributed by atoms with Gasteiger partial charge in [0.15, 0.2) is 0 Å². The Morgan fingerprint density at radius 1 is 1.36 bits per heavy atom. The molecule has 14 heavy (non-hydrogen) atoms. The topological polar surface area (TPSA) is 32.7 Å². The third kappa shape index (κ3) is 2.17. The van der Waals surface area contributed by atoms with Crippen molar-refractivity contribution in [2.24, 2.45) is 0 Å². The van der Waals surface area contributed by atoms with Crippen LogP contribution in [0.5, 0.6) is 0 Å². The molecule has 0 atom stereocenters. The van der Waals surface area contributed by atoms with Crippen molar-refractivity contribution in [1.29, 1.82) is 0 Å². The van der Waals surface area contributed by atoms with E-state index in [1.165, 1.54) is 0 Å². The van der Waals surface area contributed by atoms with Crippen LogP contribution in [0, 0.1) is 0 Å². The first kappa shape index (κ1) is 9.34. The number of nitrogens with zero attached hydrogens (tertiary/aromatic N) is 1. The molecular formula is C11H15NO2. The molecule has 3 nitrogen and oxygen atoms in total. The van der Waals surface area contributed by atoms with E-state index < -0.39 is 0 Å². The van der Waals surface area contributed by atoms with Crippen molar-refractivity contribution in [2.45, 2.75) is 6.42 Å². The second kappa shape index (κ2) is 4.33. The molecule has 76 valence electrons. The van der Waals surface area contributed by atoms with E-state index in [-0.39, 0.29) is 0 Å². The maximum absolute atomic E-state index is 9.58. The van der Waals surface area contributed by atoms with Crippen LogP contribution in [-0.2, 0) is 4.74 Å². The van der Waals surface area contributed by atoms with Crippen molar-refractivity contribution in [2.75, 3.05) is 26.3 Å². The molecule has 0 saturated carbocycles. The number of aliphatic hydroxyl groups is 1.